The lowest BCUT2D eigenvalue weighted by molar-refractivity contribution is -0.166. The van der Waals surface area contributed by atoms with Crippen molar-refractivity contribution in [2.75, 3.05) is 11.9 Å². The van der Waals surface area contributed by atoms with Gasteiger partial charge in [0.25, 0.3) is 0 Å². The summed E-state index contributed by atoms with van der Waals surface area (Å²) in [6, 6.07) is 0.279. The summed E-state index contributed by atoms with van der Waals surface area (Å²) in [5, 5.41) is 3.45. The maximum Gasteiger partial charge on any atom is 0.303 e. The Balaban J connectivity index is 1.74. The summed E-state index contributed by atoms with van der Waals surface area (Å²) < 4.78 is 23.8. The molecular weight excluding hydrogens is 460 g/mol. The van der Waals surface area contributed by atoms with E-state index in [0.29, 0.717) is 22.8 Å². The molecule has 13 heteroatoms. The highest BCUT2D eigenvalue weighted by Gasteiger charge is 2.51. The van der Waals surface area contributed by atoms with E-state index in [0.717, 1.165) is 25.7 Å². The molecule has 3 N–H and O–H groups in total. The first-order valence-electron chi connectivity index (χ1n) is 11.6. The molecule has 1 saturated heterocycles. The molecule has 1 aliphatic carbocycles. The Morgan fingerprint density at radius 1 is 1.09 bits per heavy atom. The van der Waals surface area contributed by atoms with Crippen LogP contribution in [0.1, 0.15) is 58.5 Å². The predicted molar refractivity (Wildman–Crippen MR) is 121 cm³/mol. The number of carbonyl (C=O) groups is 3. The van der Waals surface area contributed by atoms with E-state index in [2.05, 4.69) is 20.3 Å². The van der Waals surface area contributed by atoms with E-state index in [1.165, 1.54) is 27.1 Å². The number of aromatic nitrogens is 4. The molecule has 2 aliphatic rings. The first-order valence-corrected chi connectivity index (χ1v) is 11.6. The summed E-state index contributed by atoms with van der Waals surface area (Å²) >= 11 is 0. The Morgan fingerprint density at radius 3 is 2.40 bits per heavy atom. The summed E-state index contributed by atoms with van der Waals surface area (Å²) in [6.45, 7) is 3.63. The average molecular weight is 491 g/mol. The smallest absolute Gasteiger partial charge is 0.303 e. The fourth-order valence-corrected chi connectivity index (χ4v) is 4.52. The number of imidazole rings is 1. The number of nitrogens with one attached hydrogen (secondary N) is 1. The van der Waals surface area contributed by atoms with Crippen LogP contribution in [0.15, 0.2) is 6.33 Å². The highest BCUT2D eigenvalue weighted by Crippen LogP contribution is 2.37. The average Bonchev–Trinajstić information content (AvgIpc) is 3.52. The molecule has 2 aromatic rings. The SMILES string of the molecule is CC(=O)OC[C@H]1O[C@@H](n2cnc3c(NC4CCCC4)nc(CN)nc32)[C@H](OC(C)=O)[C@@H]1OC(C)=O. The number of nitrogens with zero attached hydrogens (tertiary/aromatic N) is 4. The van der Waals surface area contributed by atoms with Gasteiger partial charge in [0.2, 0.25) is 0 Å². The number of nitrogens with two attached hydrogens (primary N) is 1. The molecule has 0 amide bonds. The van der Waals surface area contributed by atoms with Crippen LogP contribution in [0, 0.1) is 0 Å². The molecule has 2 aromatic heterocycles. The second kappa shape index (κ2) is 10.5. The van der Waals surface area contributed by atoms with Crippen molar-refractivity contribution in [2.45, 2.75) is 83.6 Å². The lowest BCUT2D eigenvalue weighted by Crippen LogP contribution is -2.40. The van der Waals surface area contributed by atoms with Gasteiger partial charge < -0.3 is 30.0 Å². The van der Waals surface area contributed by atoms with Gasteiger partial charge in [-0.3, -0.25) is 19.0 Å². The van der Waals surface area contributed by atoms with Gasteiger partial charge in [-0.2, -0.15) is 0 Å². The number of ether oxygens (including phenoxy) is 4. The molecule has 4 atom stereocenters. The molecule has 0 unspecified atom stereocenters. The molecule has 190 valence electrons. The number of anilines is 1. The third-order valence-electron chi connectivity index (χ3n) is 5.96. The zero-order chi connectivity index (χ0) is 25.1. The summed E-state index contributed by atoms with van der Waals surface area (Å²) in [7, 11) is 0. The van der Waals surface area contributed by atoms with E-state index >= 15 is 0 Å². The van der Waals surface area contributed by atoms with Crippen LogP contribution in [0.2, 0.25) is 0 Å². The van der Waals surface area contributed by atoms with E-state index in [1.54, 1.807) is 4.57 Å². The number of fused-ring (bicyclic) bond motifs is 1. The maximum atomic E-state index is 11.9. The molecular formula is C22H30N6O7. The summed E-state index contributed by atoms with van der Waals surface area (Å²) in [5.41, 5.74) is 6.78. The highest BCUT2D eigenvalue weighted by molar-refractivity contribution is 5.83. The zero-order valence-electron chi connectivity index (χ0n) is 19.9. The standard InChI is InChI=1S/C22H30N6O7/c1-11(29)32-9-15-18(33-12(2)30)19(34-13(3)31)22(35-15)28-10-24-17-20(25-14-6-4-5-7-14)26-16(8-23)27-21(17)28/h10,14-15,18-19,22H,4-9,23H2,1-3H3,(H,25,26,27)/t15-,18-,19-,22-/m1/s1. The Bertz CT molecular complexity index is 1100. The van der Waals surface area contributed by atoms with Crippen LogP contribution >= 0.6 is 0 Å². The van der Waals surface area contributed by atoms with E-state index in [9.17, 15) is 14.4 Å². The summed E-state index contributed by atoms with van der Waals surface area (Å²) in [5.74, 6) is -0.765. The molecule has 1 aliphatic heterocycles. The topological polar surface area (TPSA) is 170 Å². The van der Waals surface area contributed by atoms with Gasteiger partial charge in [0, 0.05) is 26.8 Å². The molecule has 0 spiro atoms. The van der Waals surface area contributed by atoms with Crippen LogP contribution in [0.5, 0.6) is 0 Å². The Morgan fingerprint density at radius 2 is 1.77 bits per heavy atom. The van der Waals surface area contributed by atoms with Crippen molar-refractivity contribution < 1.29 is 33.3 Å². The van der Waals surface area contributed by atoms with Crippen LogP contribution in [0.4, 0.5) is 5.82 Å². The number of carbonyl (C=O) groups excluding carboxylic acids is 3. The number of rotatable bonds is 8. The number of esters is 3. The Kier molecular flexibility index (Phi) is 7.45. The molecule has 0 bridgehead atoms. The van der Waals surface area contributed by atoms with Gasteiger partial charge >= 0.3 is 17.9 Å². The van der Waals surface area contributed by atoms with Gasteiger partial charge in [0.05, 0.1) is 12.9 Å². The van der Waals surface area contributed by atoms with Crippen molar-refractivity contribution in [3.8, 4) is 0 Å². The third kappa shape index (κ3) is 5.51. The van der Waals surface area contributed by atoms with Crippen LogP contribution in [-0.4, -0.2) is 68.4 Å². The summed E-state index contributed by atoms with van der Waals surface area (Å²) in [6.07, 6.45) is 1.94. The molecule has 35 heavy (non-hydrogen) atoms. The van der Waals surface area contributed by atoms with Crippen molar-refractivity contribution in [1.29, 1.82) is 0 Å². The van der Waals surface area contributed by atoms with Crippen LogP contribution in [0.3, 0.4) is 0 Å². The van der Waals surface area contributed by atoms with Crippen molar-refractivity contribution in [3.05, 3.63) is 12.2 Å². The lowest BCUT2D eigenvalue weighted by atomic mass is 10.1. The van der Waals surface area contributed by atoms with Crippen LogP contribution in [-0.2, 0) is 39.9 Å². The first kappa shape index (κ1) is 24.8. The van der Waals surface area contributed by atoms with E-state index < -0.39 is 42.4 Å². The maximum absolute atomic E-state index is 11.9. The van der Waals surface area contributed by atoms with Gasteiger partial charge in [0.1, 0.15) is 18.5 Å². The molecule has 13 nitrogen and oxygen atoms in total. The number of hydrogen-bond acceptors (Lipinski definition) is 12. The minimum Gasteiger partial charge on any atom is -0.463 e. The van der Waals surface area contributed by atoms with Gasteiger partial charge in [-0.1, -0.05) is 12.8 Å². The number of hydrogen-bond donors (Lipinski definition) is 2. The van der Waals surface area contributed by atoms with Gasteiger partial charge in [-0.05, 0) is 12.8 Å². The molecule has 0 aromatic carbocycles. The molecule has 0 radical (unpaired) electrons. The normalized spacial score (nSPS) is 24.5. The second-order valence-electron chi connectivity index (χ2n) is 8.66. The third-order valence-corrected chi connectivity index (χ3v) is 5.96. The fraction of sp³-hybridized carbons (Fsp3) is 0.636. The van der Waals surface area contributed by atoms with E-state index in [-0.39, 0.29) is 19.2 Å². The molecule has 3 heterocycles. The zero-order valence-corrected chi connectivity index (χ0v) is 19.9. The monoisotopic (exact) mass is 490 g/mol. The van der Waals surface area contributed by atoms with E-state index in [4.69, 9.17) is 24.7 Å². The van der Waals surface area contributed by atoms with Crippen molar-refractivity contribution in [2.24, 2.45) is 5.73 Å². The van der Waals surface area contributed by atoms with Crippen molar-refractivity contribution in [1.82, 2.24) is 19.5 Å². The van der Waals surface area contributed by atoms with Gasteiger partial charge in [-0.25, -0.2) is 15.0 Å². The van der Waals surface area contributed by atoms with Crippen LogP contribution < -0.4 is 11.1 Å². The first-order chi connectivity index (χ1) is 16.8. The van der Waals surface area contributed by atoms with Crippen LogP contribution in [0.25, 0.3) is 11.2 Å². The van der Waals surface area contributed by atoms with E-state index in [1.807, 2.05) is 0 Å². The molecule has 2 fully saturated rings. The largest absolute Gasteiger partial charge is 0.463 e. The van der Waals surface area contributed by atoms with Crippen molar-refractivity contribution in [3.63, 3.8) is 0 Å². The molecule has 1 saturated carbocycles. The second-order valence-corrected chi connectivity index (χ2v) is 8.66. The quantitative estimate of drug-likeness (QED) is 0.397. The highest BCUT2D eigenvalue weighted by atomic mass is 16.7. The predicted octanol–water partition coefficient (Wildman–Crippen LogP) is 0.963. The fourth-order valence-electron chi connectivity index (χ4n) is 4.52. The minimum atomic E-state index is -1.04. The lowest BCUT2D eigenvalue weighted by Gasteiger charge is -2.23. The van der Waals surface area contributed by atoms with Gasteiger partial charge in [0.15, 0.2) is 35.4 Å². The van der Waals surface area contributed by atoms with Gasteiger partial charge in [-0.15, -0.1) is 0 Å². The minimum absolute atomic E-state index is 0.102. The van der Waals surface area contributed by atoms with Crippen molar-refractivity contribution >= 4 is 34.9 Å². The Hall–Kier alpha value is -3.32. The summed E-state index contributed by atoms with van der Waals surface area (Å²) in [4.78, 5) is 48.8. The molecule has 4 rings (SSSR count). The Labute approximate surface area is 201 Å².